The van der Waals surface area contributed by atoms with Crippen LogP contribution < -0.4 is 22.1 Å². The highest BCUT2D eigenvalue weighted by molar-refractivity contribution is 5.86. The van der Waals surface area contributed by atoms with E-state index in [2.05, 4.69) is 15.7 Å². The number of anilines is 2. The van der Waals surface area contributed by atoms with Crippen LogP contribution in [-0.4, -0.2) is 35.0 Å². The first-order chi connectivity index (χ1) is 11.6. The zero-order valence-electron chi connectivity index (χ0n) is 13.8. The van der Waals surface area contributed by atoms with Crippen molar-refractivity contribution in [2.75, 3.05) is 31.2 Å². The van der Waals surface area contributed by atoms with Crippen LogP contribution in [0.15, 0.2) is 24.3 Å². The molecule has 7 N–H and O–H groups in total. The number of nitrogen functional groups attached to an aromatic ring is 1. The Morgan fingerprint density at radius 2 is 2.08 bits per heavy atom. The van der Waals surface area contributed by atoms with Crippen molar-refractivity contribution in [2.45, 2.75) is 18.9 Å². The second-order valence-electron chi connectivity index (χ2n) is 5.94. The molecular weight excluding hydrogens is 304 g/mol. The van der Waals surface area contributed by atoms with Gasteiger partial charge in [-0.1, -0.05) is 12.1 Å². The van der Waals surface area contributed by atoms with Crippen molar-refractivity contribution < 1.29 is 5.11 Å². The Morgan fingerprint density at radius 1 is 1.38 bits per heavy atom. The third kappa shape index (κ3) is 3.03. The first kappa shape index (κ1) is 16.2. The maximum Gasteiger partial charge on any atom is 0.171 e. The summed E-state index contributed by atoms with van der Waals surface area (Å²) in [5, 5.41) is 21.0. The van der Waals surface area contributed by atoms with E-state index in [-0.39, 0.29) is 11.8 Å². The minimum absolute atomic E-state index is 0.145. The predicted molar refractivity (Wildman–Crippen MR) is 97.5 cm³/mol. The lowest BCUT2D eigenvalue weighted by Gasteiger charge is -2.24. The molecule has 0 atom stereocenters. The van der Waals surface area contributed by atoms with Gasteiger partial charge in [-0.25, -0.2) is 0 Å². The first-order valence-corrected chi connectivity index (χ1v) is 8.13. The van der Waals surface area contributed by atoms with Crippen molar-refractivity contribution in [2.24, 2.45) is 5.73 Å². The number of hydrogen-bond acceptors (Lipinski definition) is 6. The van der Waals surface area contributed by atoms with Crippen molar-refractivity contribution in [1.82, 2.24) is 15.1 Å². The molecule has 1 aromatic carbocycles. The molecule has 0 saturated carbocycles. The van der Waals surface area contributed by atoms with E-state index >= 15 is 0 Å². The number of phenolic OH excluding ortho intramolecular Hbond substituents is 1. The van der Waals surface area contributed by atoms with Crippen molar-refractivity contribution in [1.29, 1.82) is 0 Å². The zero-order valence-corrected chi connectivity index (χ0v) is 13.8. The highest BCUT2D eigenvalue weighted by Gasteiger charge is 2.22. The average molecular weight is 328 g/mol. The molecule has 1 aromatic heterocycles. The lowest BCUT2D eigenvalue weighted by molar-refractivity contribution is 0.342. The molecule has 128 valence electrons. The molecule has 7 heteroatoms. The van der Waals surface area contributed by atoms with Gasteiger partial charge in [0.05, 0.1) is 11.7 Å². The van der Waals surface area contributed by atoms with Crippen molar-refractivity contribution in [3.05, 3.63) is 35.5 Å². The van der Waals surface area contributed by atoms with Gasteiger partial charge in [0.15, 0.2) is 5.82 Å². The van der Waals surface area contributed by atoms with Gasteiger partial charge in [-0.3, -0.25) is 4.68 Å². The molecule has 0 radical (unpaired) electrons. The lowest BCUT2D eigenvalue weighted by Crippen LogP contribution is -2.30. The zero-order chi connectivity index (χ0) is 17.1. The number of para-hydroxylation sites is 1. The molecule has 0 aliphatic carbocycles. The number of phenols is 1. The number of nitrogens with two attached hydrogens (primary N) is 2. The van der Waals surface area contributed by atoms with E-state index in [1.807, 2.05) is 10.7 Å². The number of nitrogens with zero attached hydrogens (tertiary/aromatic N) is 2. The number of aromatic nitrogens is 2. The van der Waals surface area contributed by atoms with Crippen LogP contribution in [0.25, 0.3) is 11.8 Å². The summed E-state index contributed by atoms with van der Waals surface area (Å²) in [6, 6.07) is 7.27. The summed E-state index contributed by atoms with van der Waals surface area (Å²) in [4.78, 5) is 0. The molecule has 3 rings (SSSR count). The average Bonchev–Trinajstić information content (AvgIpc) is 2.92. The number of nitrogens with one attached hydrogen (secondary N) is 2. The second-order valence-corrected chi connectivity index (χ2v) is 5.94. The largest absolute Gasteiger partial charge is 0.507 e. The van der Waals surface area contributed by atoms with Crippen LogP contribution >= 0.6 is 0 Å². The number of benzene rings is 1. The van der Waals surface area contributed by atoms with Crippen LogP contribution in [0.5, 0.6) is 5.75 Å². The normalized spacial score (nSPS) is 16.3. The Labute approximate surface area is 141 Å². The van der Waals surface area contributed by atoms with Gasteiger partial charge in [0, 0.05) is 18.3 Å². The highest BCUT2D eigenvalue weighted by Crippen LogP contribution is 2.31. The summed E-state index contributed by atoms with van der Waals surface area (Å²) in [7, 11) is 1.80. The summed E-state index contributed by atoms with van der Waals surface area (Å²) >= 11 is 0. The summed E-state index contributed by atoms with van der Waals surface area (Å²) in [6.07, 6.45) is 3.77. The Balaban J connectivity index is 2.04. The molecule has 2 heterocycles. The van der Waals surface area contributed by atoms with Gasteiger partial charge in [0.25, 0.3) is 0 Å². The van der Waals surface area contributed by atoms with E-state index in [9.17, 15) is 5.11 Å². The SMILES string of the molecule is CNc1nn(C2CCNCC2)c(/C=C(\N)c2ccccc2O)c1N. The van der Waals surface area contributed by atoms with Gasteiger partial charge in [0.1, 0.15) is 11.4 Å². The van der Waals surface area contributed by atoms with E-state index in [1.54, 1.807) is 31.3 Å². The molecule has 1 aliphatic heterocycles. The molecule has 0 amide bonds. The van der Waals surface area contributed by atoms with E-state index < -0.39 is 0 Å². The summed E-state index contributed by atoms with van der Waals surface area (Å²) in [5.74, 6) is 0.788. The van der Waals surface area contributed by atoms with Crippen molar-refractivity contribution >= 4 is 23.3 Å². The molecule has 7 nitrogen and oxygen atoms in total. The summed E-state index contributed by atoms with van der Waals surface area (Å²) < 4.78 is 1.95. The van der Waals surface area contributed by atoms with Gasteiger partial charge in [-0.15, -0.1) is 0 Å². The fourth-order valence-corrected chi connectivity index (χ4v) is 3.06. The quantitative estimate of drug-likeness (QED) is 0.582. The van der Waals surface area contributed by atoms with E-state index in [0.717, 1.165) is 31.6 Å². The standard InChI is InChI=1S/C17H24N6O/c1-20-17-16(19)14(23(22-17)11-6-8-21-9-7-11)10-13(18)12-4-2-3-5-15(12)24/h2-5,10-11,21,24H,6-9,18-19H2,1H3,(H,20,22)/b13-10-. The minimum atomic E-state index is 0.145. The van der Waals surface area contributed by atoms with Crippen LogP contribution in [0.2, 0.25) is 0 Å². The van der Waals surface area contributed by atoms with Crippen LogP contribution in [0.4, 0.5) is 11.5 Å². The molecule has 1 fully saturated rings. The molecule has 0 unspecified atom stereocenters. The molecule has 0 bridgehead atoms. The van der Waals surface area contributed by atoms with Gasteiger partial charge in [-0.2, -0.15) is 5.10 Å². The molecule has 1 saturated heterocycles. The van der Waals surface area contributed by atoms with Crippen LogP contribution in [0.1, 0.15) is 30.1 Å². The van der Waals surface area contributed by atoms with Gasteiger partial charge >= 0.3 is 0 Å². The van der Waals surface area contributed by atoms with E-state index in [0.29, 0.717) is 22.8 Å². The number of piperidine rings is 1. The Hall–Kier alpha value is -2.67. The topological polar surface area (TPSA) is 114 Å². The maximum atomic E-state index is 10.0. The summed E-state index contributed by atoms with van der Waals surface area (Å²) in [5.41, 5.74) is 14.9. The molecule has 1 aliphatic rings. The molecule has 24 heavy (non-hydrogen) atoms. The third-order valence-corrected chi connectivity index (χ3v) is 4.38. The van der Waals surface area contributed by atoms with E-state index in [4.69, 9.17) is 11.5 Å². The van der Waals surface area contributed by atoms with Crippen molar-refractivity contribution in [3.63, 3.8) is 0 Å². The minimum Gasteiger partial charge on any atom is -0.507 e. The lowest BCUT2D eigenvalue weighted by atomic mass is 10.1. The van der Waals surface area contributed by atoms with Crippen LogP contribution in [-0.2, 0) is 0 Å². The van der Waals surface area contributed by atoms with Gasteiger partial charge in [-0.05, 0) is 44.1 Å². The number of hydrogen-bond donors (Lipinski definition) is 5. The van der Waals surface area contributed by atoms with E-state index in [1.165, 1.54) is 0 Å². The first-order valence-electron chi connectivity index (χ1n) is 8.13. The number of aromatic hydroxyl groups is 1. The van der Waals surface area contributed by atoms with Crippen LogP contribution in [0, 0.1) is 0 Å². The second kappa shape index (κ2) is 6.84. The number of rotatable bonds is 4. The fraction of sp³-hybridized carbons (Fsp3) is 0.353. The third-order valence-electron chi connectivity index (χ3n) is 4.38. The maximum absolute atomic E-state index is 10.0. The van der Waals surface area contributed by atoms with Crippen molar-refractivity contribution in [3.8, 4) is 5.75 Å². The molecular formula is C17H24N6O. The fourth-order valence-electron chi connectivity index (χ4n) is 3.06. The Kier molecular flexibility index (Phi) is 4.61. The monoisotopic (exact) mass is 328 g/mol. The Morgan fingerprint density at radius 3 is 2.75 bits per heavy atom. The molecule has 2 aromatic rings. The summed E-state index contributed by atoms with van der Waals surface area (Å²) in [6.45, 7) is 1.91. The highest BCUT2D eigenvalue weighted by atomic mass is 16.3. The van der Waals surface area contributed by atoms with Crippen LogP contribution in [0.3, 0.4) is 0 Å². The molecule has 0 spiro atoms. The smallest absolute Gasteiger partial charge is 0.171 e. The van der Waals surface area contributed by atoms with Gasteiger partial charge in [0.2, 0.25) is 0 Å². The Bertz CT molecular complexity index is 746. The van der Waals surface area contributed by atoms with Gasteiger partial charge < -0.3 is 27.2 Å². The predicted octanol–water partition coefficient (Wildman–Crippen LogP) is 1.59.